The van der Waals surface area contributed by atoms with Crippen LogP contribution in [-0.4, -0.2) is 24.8 Å². The molecule has 0 unspecified atom stereocenters. The van der Waals surface area contributed by atoms with Crippen molar-refractivity contribution in [1.29, 1.82) is 5.26 Å². The molecule has 0 radical (unpaired) electrons. The van der Waals surface area contributed by atoms with E-state index in [0.717, 1.165) is 19.5 Å². The zero-order valence-corrected chi connectivity index (χ0v) is 8.34. The van der Waals surface area contributed by atoms with E-state index in [4.69, 9.17) is 10.1 Å². The molecule has 3 nitrogen and oxygen atoms in total. The molecule has 3 heteroatoms. The fourth-order valence-electron chi connectivity index (χ4n) is 1.23. The van der Waals surface area contributed by atoms with E-state index < -0.39 is 0 Å². The second-order valence-corrected chi connectivity index (χ2v) is 3.42. The Hall–Kier alpha value is -0.850. The van der Waals surface area contributed by atoms with Gasteiger partial charge in [-0.15, -0.1) is 0 Å². The molecule has 0 aromatic carbocycles. The maximum absolute atomic E-state index is 8.43. The fourth-order valence-corrected chi connectivity index (χ4v) is 1.23. The van der Waals surface area contributed by atoms with E-state index >= 15 is 0 Å². The van der Waals surface area contributed by atoms with Gasteiger partial charge < -0.3 is 0 Å². The van der Waals surface area contributed by atoms with Gasteiger partial charge in [0.25, 0.3) is 0 Å². The molecule has 0 bridgehead atoms. The monoisotopic (exact) mass is 180 g/mol. The molecule has 0 amide bonds. The topological polar surface area (TPSA) is 36.3 Å². The molecule has 1 aliphatic heterocycles. The Kier molecular flexibility index (Phi) is 3.94. The van der Waals surface area contributed by atoms with Gasteiger partial charge in [-0.1, -0.05) is 5.57 Å². The third kappa shape index (κ3) is 3.17. The van der Waals surface area contributed by atoms with Crippen LogP contribution in [0.5, 0.6) is 0 Å². The number of hydrogen-bond acceptors (Lipinski definition) is 3. The second kappa shape index (κ2) is 5.00. The lowest BCUT2D eigenvalue weighted by atomic mass is 10.1. The van der Waals surface area contributed by atoms with Crippen molar-refractivity contribution in [3.05, 3.63) is 11.1 Å². The van der Waals surface area contributed by atoms with Gasteiger partial charge in [0.2, 0.25) is 0 Å². The number of rotatable bonds is 2. The molecule has 0 fully saturated rings. The van der Waals surface area contributed by atoms with Crippen molar-refractivity contribution in [2.24, 2.45) is 0 Å². The first kappa shape index (κ1) is 10.2. The van der Waals surface area contributed by atoms with E-state index in [-0.39, 0.29) is 0 Å². The molecule has 0 saturated heterocycles. The Bertz CT molecular complexity index is 224. The highest BCUT2D eigenvalue weighted by molar-refractivity contribution is 5.10. The van der Waals surface area contributed by atoms with Crippen molar-refractivity contribution in [3.8, 4) is 6.07 Å². The van der Waals surface area contributed by atoms with Gasteiger partial charge in [0.15, 0.2) is 0 Å². The fraction of sp³-hybridized carbons (Fsp3) is 0.700. The highest BCUT2D eigenvalue weighted by Crippen LogP contribution is 2.14. The van der Waals surface area contributed by atoms with Crippen molar-refractivity contribution < 1.29 is 4.84 Å². The Labute approximate surface area is 79.5 Å². The summed E-state index contributed by atoms with van der Waals surface area (Å²) < 4.78 is 0. The van der Waals surface area contributed by atoms with Crippen molar-refractivity contribution in [1.82, 2.24) is 5.06 Å². The quantitative estimate of drug-likeness (QED) is 0.609. The summed E-state index contributed by atoms with van der Waals surface area (Å²) in [6.45, 7) is 6.55. The normalized spacial score (nSPS) is 19.8. The first-order valence-corrected chi connectivity index (χ1v) is 4.64. The van der Waals surface area contributed by atoms with Crippen LogP contribution in [0.15, 0.2) is 11.1 Å². The number of nitrogens with zero attached hydrogens (tertiary/aromatic N) is 2. The lowest BCUT2D eigenvalue weighted by Gasteiger charge is -2.17. The number of hydroxylamine groups is 2. The van der Waals surface area contributed by atoms with E-state index in [0.29, 0.717) is 13.0 Å². The van der Waals surface area contributed by atoms with Crippen LogP contribution in [0.1, 0.15) is 26.7 Å². The van der Waals surface area contributed by atoms with Crippen LogP contribution in [0.25, 0.3) is 0 Å². The lowest BCUT2D eigenvalue weighted by molar-refractivity contribution is -0.145. The summed E-state index contributed by atoms with van der Waals surface area (Å²) in [6.07, 6.45) is 1.59. The Morgan fingerprint density at radius 2 is 2.23 bits per heavy atom. The van der Waals surface area contributed by atoms with E-state index in [1.165, 1.54) is 11.1 Å². The largest absolute Gasteiger partial charge is 0.295 e. The molecule has 0 aromatic rings. The van der Waals surface area contributed by atoms with Crippen LogP contribution in [0.4, 0.5) is 0 Å². The average molecular weight is 180 g/mol. The van der Waals surface area contributed by atoms with Gasteiger partial charge in [-0.3, -0.25) is 4.84 Å². The van der Waals surface area contributed by atoms with Crippen molar-refractivity contribution in [2.75, 3.05) is 19.7 Å². The summed E-state index contributed by atoms with van der Waals surface area (Å²) in [6, 6.07) is 2.12. The van der Waals surface area contributed by atoms with E-state index in [1.807, 2.05) is 5.06 Å². The Morgan fingerprint density at radius 3 is 2.92 bits per heavy atom. The second-order valence-electron chi connectivity index (χ2n) is 3.42. The van der Waals surface area contributed by atoms with E-state index in [1.54, 1.807) is 0 Å². The molecule has 1 heterocycles. The zero-order valence-electron chi connectivity index (χ0n) is 8.34. The third-order valence-electron chi connectivity index (χ3n) is 2.40. The average Bonchev–Trinajstić information content (AvgIpc) is 2.29. The standard InChI is InChI=1S/C10H16N2O/c1-9-4-7-12(6-3-5-11)13-8-10(9)2/h3-4,6-8H2,1-2H3. The highest BCUT2D eigenvalue weighted by atomic mass is 16.7. The van der Waals surface area contributed by atoms with Crippen molar-refractivity contribution in [3.63, 3.8) is 0 Å². The first-order chi connectivity index (χ1) is 6.24. The number of hydrogen-bond donors (Lipinski definition) is 0. The van der Waals surface area contributed by atoms with Crippen LogP contribution in [0, 0.1) is 11.3 Å². The number of nitriles is 1. The molecule has 1 rings (SSSR count). The Morgan fingerprint density at radius 1 is 1.46 bits per heavy atom. The van der Waals surface area contributed by atoms with Crippen LogP contribution in [-0.2, 0) is 4.84 Å². The van der Waals surface area contributed by atoms with Gasteiger partial charge in [-0.2, -0.15) is 10.3 Å². The van der Waals surface area contributed by atoms with Gasteiger partial charge in [0.1, 0.15) is 0 Å². The van der Waals surface area contributed by atoms with Crippen molar-refractivity contribution >= 4 is 0 Å². The molecule has 0 aromatic heterocycles. The molecular weight excluding hydrogens is 164 g/mol. The summed E-state index contributed by atoms with van der Waals surface area (Å²) in [4.78, 5) is 5.51. The van der Waals surface area contributed by atoms with Gasteiger partial charge in [0.05, 0.1) is 19.1 Å². The zero-order chi connectivity index (χ0) is 9.68. The van der Waals surface area contributed by atoms with Gasteiger partial charge >= 0.3 is 0 Å². The molecule has 0 atom stereocenters. The summed E-state index contributed by atoms with van der Waals surface area (Å²) in [7, 11) is 0. The Balaban J connectivity index is 2.38. The third-order valence-corrected chi connectivity index (χ3v) is 2.40. The molecule has 72 valence electrons. The summed E-state index contributed by atoms with van der Waals surface area (Å²) in [5, 5.41) is 10.3. The van der Waals surface area contributed by atoms with Gasteiger partial charge in [-0.25, -0.2) is 0 Å². The molecular formula is C10H16N2O. The molecule has 0 spiro atoms. The van der Waals surface area contributed by atoms with Crippen LogP contribution in [0.2, 0.25) is 0 Å². The van der Waals surface area contributed by atoms with Gasteiger partial charge in [-0.05, 0) is 25.8 Å². The van der Waals surface area contributed by atoms with Crippen LogP contribution >= 0.6 is 0 Å². The van der Waals surface area contributed by atoms with Crippen molar-refractivity contribution in [2.45, 2.75) is 26.7 Å². The summed E-state index contributed by atoms with van der Waals surface area (Å²) >= 11 is 0. The molecule has 13 heavy (non-hydrogen) atoms. The molecule has 0 saturated carbocycles. The highest BCUT2D eigenvalue weighted by Gasteiger charge is 2.11. The smallest absolute Gasteiger partial charge is 0.0895 e. The molecule has 0 N–H and O–H groups in total. The maximum atomic E-state index is 8.43. The minimum Gasteiger partial charge on any atom is -0.295 e. The SMILES string of the molecule is CC1=C(C)CON(CCC#N)CC1. The van der Waals surface area contributed by atoms with E-state index in [9.17, 15) is 0 Å². The summed E-state index contributed by atoms with van der Waals surface area (Å²) in [5.41, 5.74) is 2.74. The van der Waals surface area contributed by atoms with Crippen LogP contribution < -0.4 is 0 Å². The molecule has 0 aliphatic carbocycles. The predicted molar refractivity (Wildman–Crippen MR) is 50.7 cm³/mol. The summed E-state index contributed by atoms with van der Waals surface area (Å²) in [5.74, 6) is 0. The molecule has 1 aliphatic rings. The van der Waals surface area contributed by atoms with Crippen LogP contribution in [0.3, 0.4) is 0 Å². The lowest BCUT2D eigenvalue weighted by Crippen LogP contribution is -2.25. The van der Waals surface area contributed by atoms with E-state index in [2.05, 4.69) is 19.9 Å². The maximum Gasteiger partial charge on any atom is 0.0895 e. The minimum absolute atomic E-state index is 0.540. The predicted octanol–water partition coefficient (Wildman–Crippen LogP) is 1.87. The minimum atomic E-state index is 0.540. The van der Waals surface area contributed by atoms with Gasteiger partial charge in [0, 0.05) is 13.1 Å². The first-order valence-electron chi connectivity index (χ1n) is 4.64.